The molecular weight excluding hydrogens is 280 g/mol. The van der Waals surface area contributed by atoms with Crippen LogP contribution in [0.4, 0.5) is 0 Å². The largest absolute Gasteiger partial charge is 0.515 e. The molecule has 0 bridgehead atoms. The highest BCUT2D eigenvalue weighted by atomic mass is 32.2. The molecule has 0 amide bonds. The molecule has 0 aromatic heterocycles. The summed E-state index contributed by atoms with van der Waals surface area (Å²) in [7, 11) is 0. The molecule has 0 aliphatic heterocycles. The van der Waals surface area contributed by atoms with E-state index in [9.17, 15) is 10.2 Å². The number of allylic oxidation sites excluding steroid dienone is 4. The third-order valence-corrected chi connectivity index (χ3v) is 3.76. The Balaban J connectivity index is 5.20. The fraction of sp³-hybridized carbons (Fsp3) is 0.556. The summed E-state index contributed by atoms with van der Waals surface area (Å²) >= 11 is 1.61. The average molecular weight is 311 g/mol. The van der Waals surface area contributed by atoms with Crippen molar-refractivity contribution >= 4 is 11.8 Å². The highest BCUT2D eigenvalue weighted by molar-refractivity contribution is 7.99. The van der Waals surface area contributed by atoms with Gasteiger partial charge in [0.15, 0.2) is 0 Å². The van der Waals surface area contributed by atoms with Gasteiger partial charge in [-0.05, 0) is 22.0 Å². The molecule has 0 heterocycles. The Labute approximate surface area is 134 Å². The predicted octanol–water partition coefficient (Wildman–Crippen LogP) is 5.81. The summed E-state index contributed by atoms with van der Waals surface area (Å²) in [6, 6.07) is 0. The maximum atomic E-state index is 9.46. The van der Waals surface area contributed by atoms with Crippen LogP contribution in [0.1, 0.15) is 41.5 Å². The first-order valence-electron chi connectivity index (χ1n) is 7.15. The lowest BCUT2D eigenvalue weighted by Gasteiger charge is -2.20. The van der Waals surface area contributed by atoms with Crippen molar-refractivity contribution in [3.63, 3.8) is 0 Å². The monoisotopic (exact) mass is 310 g/mol. The van der Waals surface area contributed by atoms with Gasteiger partial charge in [0.1, 0.15) is 0 Å². The van der Waals surface area contributed by atoms with Gasteiger partial charge in [0.05, 0.1) is 17.8 Å². The molecule has 21 heavy (non-hydrogen) atoms. The Kier molecular flexibility index (Phi) is 7.94. The van der Waals surface area contributed by atoms with Gasteiger partial charge in [0, 0.05) is 5.75 Å². The highest BCUT2D eigenvalue weighted by Gasteiger charge is 2.16. The van der Waals surface area contributed by atoms with Gasteiger partial charge in [0.2, 0.25) is 0 Å². The van der Waals surface area contributed by atoms with E-state index in [1.54, 1.807) is 11.8 Å². The van der Waals surface area contributed by atoms with E-state index in [-0.39, 0.29) is 16.6 Å². The molecule has 0 atom stereocenters. The van der Waals surface area contributed by atoms with E-state index in [4.69, 9.17) is 0 Å². The minimum atomic E-state index is -0.110. The standard InChI is InChI=1S/C18H30O2S/c1-14(20)12-21-13-15(8-9-17(2,3)4)10-16(11-19)18(5,6)7/h8-11,19-20H,1,12-13H2,2-7H3/b9-8+,15-10+,16-11-. The first kappa shape index (κ1) is 19.9. The van der Waals surface area contributed by atoms with Gasteiger partial charge in [-0.25, -0.2) is 0 Å². The summed E-state index contributed by atoms with van der Waals surface area (Å²) in [4.78, 5) is 0. The van der Waals surface area contributed by atoms with Crippen molar-refractivity contribution in [2.75, 3.05) is 11.5 Å². The Morgan fingerprint density at radius 1 is 1.10 bits per heavy atom. The van der Waals surface area contributed by atoms with Crippen LogP contribution in [0, 0.1) is 10.8 Å². The van der Waals surface area contributed by atoms with Crippen LogP contribution < -0.4 is 0 Å². The van der Waals surface area contributed by atoms with Crippen molar-refractivity contribution in [3.8, 4) is 0 Å². The normalized spacial score (nSPS) is 14.8. The Morgan fingerprint density at radius 2 is 1.67 bits per heavy atom. The smallest absolute Gasteiger partial charge is 0.0950 e. The van der Waals surface area contributed by atoms with E-state index in [1.165, 1.54) is 6.26 Å². The van der Waals surface area contributed by atoms with Crippen molar-refractivity contribution in [1.82, 2.24) is 0 Å². The van der Waals surface area contributed by atoms with Crippen molar-refractivity contribution in [3.05, 3.63) is 48.0 Å². The molecule has 0 radical (unpaired) electrons. The van der Waals surface area contributed by atoms with Gasteiger partial charge >= 0.3 is 0 Å². The molecule has 0 saturated heterocycles. The van der Waals surface area contributed by atoms with Crippen LogP contribution in [0.5, 0.6) is 0 Å². The van der Waals surface area contributed by atoms with Crippen molar-refractivity contribution in [1.29, 1.82) is 0 Å². The van der Waals surface area contributed by atoms with E-state index >= 15 is 0 Å². The molecule has 2 nitrogen and oxygen atoms in total. The molecule has 0 aliphatic rings. The van der Waals surface area contributed by atoms with Gasteiger partial charge in [-0.1, -0.05) is 66.3 Å². The van der Waals surface area contributed by atoms with Crippen molar-refractivity contribution in [2.45, 2.75) is 41.5 Å². The molecule has 2 N–H and O–H groups in total. The predicted molar refractivity (Wildman–Crippen MR) is 95.9 cm³/mol. The molecule has 0 aromatic rings. The maximum Gasteiger partial charge on any atom is 0.0950 e. The third-order valence-electron chi connectivity index (χ3n) is 2.68. The van der Waals surface area contributed by atoms with Crippen molar-refractivity contribution in [2.24, 2.45) is 10.8 Å². The van der Waals surface area contributed by atoms with Gasteiger partial charge in [-0.3, -0.25) is 0 Å². The molecule has 0 unspecified atom stereocenters. The SMILES string of the molecule is C=C(O)CSCC(/C=C/C(C)(C)C)=C/C(=C/O)C(C)(C)C. The molecule has 0 rings (SSSR count). The number of hydrogen-bond acceptors (Lipinski definition) is 3. The lowest BCUT2D eigenvalue weighted by atomic mass is 9.86. The molecular formula is C18H30O2S. The first-order valence-corrected chi connectivity index (χ1v) is 8.30. The number of thioether (sulfide) groups is 1. The van der Waals surface area contributed by atoms with Crippen LogP contribution in [-0.4, -0.2) is 21.7 Å². The zero-order valence-electron chi connectivity index (χ0n) is 14.2. The van der Waals surface area contributed by atoms with Gasteiger partial charge in [-0.15, -0.1) is 11.8 Å². The van der Waals surface area contributed by atoms with E-state index in [1.807, 2.05) is 6.08 Å². The van der Waals surface area contributed by atoms with Crippen LogP contribution in [0.3, 0.4) is 0 Å². The van der Waals surface area contributed by atoms with Crippen LogP contribution in [0.15, 0.2) is 48.0 Å². The quantitative estimate of drug-likeness (QED) is 0.480. The Bertz CT molecular complexity index is 429. The number of rotatable bonds is 6. The summed E-state index contributed by atoms with van der Waals surface area (Å²) in [5.41, 5.74) is 2.00. The van der Waals surface area contributed by atoms with E-state index in [0.29, 0.717) is 5.75 Å². The molecule has 0 fully saturated rings. The molecule has 0 spiro atoms. The average Bonchev–Trinajstić information content (AvgIpc) is 2.28. The lowest BCUT2D eigenvalue weighted by Crippen LogP contribution is -2.08. The molecule has 3 heteroatoms. The second kappa shape index (κ2) is 8.38. The van der Waals surface area contributed by atoms with E-state index < -0.39 is 0 Å². The summed E-state index contributed by atoms with van der Waals surface area (Å²) in [5.74, 6) is 1.47. The summed E-state index contributed by atoms with van der Waals surface area (Å²) < 4.78 is 0. The second-order valence-electron chi connectivity index (χ2n) is 7.31. The maximum absolute atomic E-state index is 9.46. The van der Waals surface area contributed by atoms with Gasteiger partial charge < -0.3 is 10.2 Å². The van der Waals surface area contributed by atoms with E-state index in [2.05, 4.69) is 60.3 Å². The van der Waals surface area contributed by atoms with Crippen LogP contribution >= 0.6 is 11.8 Å². The number of aliphatic hydroxyl groups excluding tert-OH is 2. The summed E-state index contributed by atoms with van der Waals surface area (Å²) in [6.45, 7) is 16.2. The number of hydrogen-bond donors (Lipinski definition) is 2. The number of aliphatic hydroxyl groups is 2. The fourth-order valence-electron chi connectivity index (χ4n) is 1.43. The summed E-state index contributed by atoms with van der Waals surface area (Å²) in [5, 5.41) is 18.6. The molecule has 120 valence electrons. The Morgan fingerprint density at radius 3 is 2.05 bits per heavy atom. The fourth-order valence-corrected chi connectivity index (χ4v) is 2.18. The second-order valence-corrected chi connectivity index (χ2v) is 8.30. The zero-order chi connectivity index (χ0) is 16.7. The van der Waals surface area contributed by atoms with E-state index in [0.717, 1.165) is 16.9 Å². The van der Waals surface area contributed by atoms with Gasteiger partial charge in [-0.2, -0.15) is 0 Å². The zero-order valence-corrected chi connectivity index (χ0v) is 15.0. The first-order chi connectivity index (χ1) is 9.45. The van der Waals surface area contributed by atoms with Crippen LogP contribution in [0.2, 0.25) is 0 Å². The van der Waals surface area contributed by atoms with Gasteiger partial charge in [0.25, 0.3) is 0 Å². The summed E-state index contributed by atoms with van der Waals surface area (Å²) in [6.07, 6.45) is 7.46. The van der Waals surface area contributed by atoms with Crippen molar-refractivity contribution < 1.29 is 10.2 Å². The lowest BCUT2D eigenvalue weighted by molar-refractivity contribution is 0.420. The van der Waals surface area contributed by atoms with Crippen LogP contribution in [0.25, 0.3) is 0 Å². The highest BCUT2D eigenvalue weighted by Crippen LogP contribution is 2.28. The Hall–Kier alpha value is -1.09. The topological polar surface area (TPSA) is 40.5 Å². The molecule has 0 aromatic carbocycles. The molecule has 0 aliphatic carbocycles. The minimum Gasteiger partial charge on any atom is -0.515 e. The van der Waals surface area contributed by atoms with Crippen LogP contribution in [-0.2, 0) is 0 Å². The molecule has 0 saturated carbocycles. The minimum absolute atomic E-state index is 0.106. The third kappa shape index (κ3) is 10.3.